The van der Waals surface area contributed by atoms with Crippen LogP contribution in [0.5, 0.6) is 0 Å². The minimum Gasteiger partial charge on any atom is -0.338 e. The lowest BCUT2D eigenvalue weighted by Gasteiger charge is -2.32. The van der Waals surface area contributed by atoms with Gasteiger partial charge in [0.15, 0.2) is 0 Å². The smallest absolute Gasteiger partial charge is 0.315 e. The van der Waals surface area contributed by atoms with Crippen molar-refractivity contribution in [3.63, 3.8) is 0 Å². The number of piperidine rings is 1. The van der Waals surface area contributed by atoms with E-state index in [1.54, 1.807) is 0 Å². The Hall–Kier alpha value is -1.88. The first-order valence-electron chi connectivity index (χ1n) is 9.12. The van der Waals surface area contributed by atoms with Crippen molar-refractivity contribution < 1.29 is 4.79 Å². The molecule has 5 nitrogen and oxygen atoms in total. The zero-order valence-electron chi connectivity index (χ0n) is 14.3. The quantitative estimate of drug-likeness (QED) is 0.817. The van der Waals surface area contributed by atoms with Crippen molar-refractivity contribution in [1.29, 1.82) is 0 Å². The van der Waals surface area contributed by atoms with E-state index in [0.29, 0.717) is 5.92 Å². The first-order valence-corrected chi connectivity index (χ1v) is 9.12. The number of nitrogens with zero attached hydrogens (tertiary/aromatic N) is 2. The summed E-state index contributed by atoms with van der Waals surface area (Å²) in [6.45, 7) is 3.87. The molecule has 24 heavy (non-hydrogen) atoms. The van der Waals surface area contributed by atoms with Crippen LogP contribution in [0, 0.1) is 5.92 Å². The van der Waals surface area contributed by atoms with E-state index >= 15 is 0 Å². The van der Waals surface area contributed by atoms with E-state index in [1.807, 2.05) is 18.5 Å². The van der Waals surface area contributed by atoms with Gasteiger partial charge >= 0.3 is 6.03 Å². The van der Waals surface area contributed by atoms with E-state index in [2.05, 4.69) is 38.7 Å². The Morgan fingerprint density at radius 3 is 3.08 bits per heavy atom. The molecule has 1 aliphatic carbocycles. The number of amides is 2. The zero-order valence-corrected chi connectivity index (χ0v) is 14.3. The number of allylic oxidation sites excluding steroid dienone is 1. The standard InChI is InChI=1S/C19H28N4O/c24-19(22-18-8-2-1-3-9-18)21-13-17-7-5-11-23(15-17)14-16-6-4-10-20-12-16/h2,4,6,8,10,12,17-18H,1,3,5,7,9,11,13-15H2,(H2,21,22,24)/t17-,18-/m1/s1. The van der Waals surface area contributed by atoms with Crippen LogP contribution in [0.2, 0.25) is 0 Å². The third-order valence-corrected chi connectivity index (χ3v) is 4.85. The fourth-order valence-corrected chi connectivity index (χ4v) is 3.60. The van der Waals surface area contributed by atoms with Crippen LogP contribution < -0.4 is 10.6 Å². The second kappa shape index (κ2) is 8.83. The number of pyridine rings is 1. The summed E-state index contributed by atoms with van der Waals surface area (Å²) in [6.07, 6.45) is 13.7. The van der Waals surface area contributed by atoms with Gasteiger partial charge in [-0.25, -0.2) is 4.79 Å². The lowest BCUT2D eigenvalue weighted by molar-refractivity contribution is 0.165. The fourth-order valence-electron chi connectivity index (χ4n) is 3.60. The molecular weight excluding hydrogens is 300 g/mol. The predicted molar refractivity (Wildman–Crippen MR) is 95.6 cm³/mol. The largest absolute Gasteiger partial charge is 0.338 e. The molecule has 1 saturated heterocycles. The molecule has 1 aliphatic heterocycles. The van der Waals surface area contributed by atoms with Crippen molar-refractivity contribution in [3.8, 4) is 0 Å². The van der Waals surface area contributed by atoms with Crippen molar-refractivity contribution in [2.75, 3.05) is 19.6 Å². The minimum absolute atomic E-state index is 0.0315. The van der Waals surface area contributed by atoms with Crippen LogP contribution in [-0.4, -0.2) is 41.6 Å². The number of nitrogens with one attached hydrogen (secondary N) is 2. The van der Waals surface area contributed by atoms with Gasteiger partial charge in [0.25, 0.3) is 0 Å². The molecule has 1 aromatic heterocycles. The molecule has 3 rings (SSSR count). The van der Waals surface area contributed by atoms with E-state index in [4.69, 9.17) is 0 Å². The summed E-state index contributed by atoms with van der Waals surface area (Å²) in [5, 5.41) is 6.11. The highest BCUT2D eigenvalue weighted by Crippen LogP contribution is 2.18. The molecule has 1 aromatic rings. The summed E-state index contributed by atoms with van der Waals surface area (Å²) in [5.74, 6) is 0.531. The van der Waals surface area contributed by atoms with E-state index in [1.165, 1.54) is 18.4 Å². The highest BCUT2D eigenvalue weighted by Gasteiger charge is 2.21. The minimum atomic E-state index is -0.0315. The van der Waals surface area contributed by atoms with E-state index < -0.39 is 0 Å². The molecule has 0 unspecified atom stereocenters. The first-order chi connectivity index (χ1) is 11.8. The van der Waals surface area contributed by atoms with Crippen LogP contribution in [0.15, 0.2) is 36.7 Å². The van der Waals surface area contributed by atoms with Gasteiger partial charge in [-0.2, -0.15) is 0 Å². The van der Waals surface area contributed by atoms with Gasteiger partial charge in [-0.15, -0.1) is 0 Å². The zero-order chi connectivity index (χ0) is 16.6. The van der Waals surface area contributed by atoms with Gasteiger partial charge in [0.1, 0.15) is 0 Å². The molecule has 2 atom stereocenters. The monoisotopic (exact) mass is 328 g/mol. The molecule has 2 N–H and O–H groups in total. The van der Waals surface area contributed by atoms with Crippen LogP contribution in [-0.2, 0) is 6.54 Å². The molecular formula is C19H28N4O. The fraction of sp³-hybridized carbons (Fsp3) is 0.579. The highest BCUT2D eigenvalue weighted by atomic mass is 16.2. The molecule has 5 heteroatoms. The van der Waals surface area contributed by atoms with Gasteiger partial charge in [0.05, 0.1) is 0 Å². The number of carbonyl (C=O) groups is 1. The summed E-state index contributed by atoms with van der Waals surface area (Å²) in [4.78, 5) is 18.7. The Balaban J connectivity index is 1.39. The molecule has 0 saturated carbocycles. The molecule has 0 spiro atoms. The SMILES string of the molecule is O=C(NC[C@H]1CCCN(Cc2cccnc2)C1)N[C@@H]1C=CCCC1. The summed E-state index contributed by atoms with van der Waals surface area (Å²) < 4.78 is 0. The van der Waals surface area contributed by atoms with Crippen LogP contribution >= 0.6 is 0 Å². The predicted octanol–water partition coefficient (Wildman–Crippen LogP) is 2.70. The van der Waals surface area contributed by atoms with Crippen LogP contribution in [0.1, 0.15) is 37.7 Å². The number of likely N-dealkylation sites (tertiary alicyclic amines) is 1. The Labute approximate surface area is 144 Å². The lowest BCUT2D eigenvalue weighted by Crippen LogP contribution is -2.46. The molecule has 0 bridgehead atoms. The van der Waals surface area contributed by atoms with Gasteiger partial charge in [-0.3, -0.25) is 9.88 Å². The molecule has 0 radical (unpaired) electrons. The van der Waals surface area contributed by atoms with Gasteiger partial charge < -0.3 is 10.6 Å². The average Bonchev–Trinajstić information content (AvgIpc) is 2.62. The molecule has 1 fully saturated rings. The third kappa shape index (κ3) is 5.34. The molecule has 130 valence electrons. The van der Waals surface area contributed by atoms with Gasteiger partial charge in [0.2, 0.25) is 0 Å². The van der Waals surface area contributed by atoms with E-state index in [0.717, 1.165) is 45.4 Å². The number of urea groups is 1. The average molecular weight is 328 g/mol. The Morgan fingerprint density at radius 2 is 2.29 bits per heavy atom. The second-order valence-electron chi connectivity index (χ2n) is 6.92. The van der Waals surface area contributed by atoms with Crippen molar-refractivity contribution >= 4 is 6.03 Å². The molecule has 2 amide bonds. The maximum atomic E-state index is 12.0. The number of carbonyl (C=O) groups excluding carboxylic acids is 1. The van der Waals surface area contributed by atoms with Crippen molar-refractivity contribution in [2.24, 2.45) is 5.92 Å². The van der Waals surface area contributed by atoms with Crippen molar-refractivity contribution in [3.05, 3.63) is 42.2 Å². The van der Waals surface area contributed by atoms with Crippen molar-refractivity contribution in [2.45, 2.75) is 44.7 Å². The van der Waals surface area contributed by atoms with Gasteiger partial charge in [0, 0.05) is 38.1 Å². The Kier molecular flexibility index (Phi) is 6.24. The molecule has 0 aromatic carbocycles. The number of rotatable bonds is 5. The number of hydrogen-bond acceptors (Lipinski definition) is 3. The Bertz CT molecular complexity index is 546. The highest BCUT2D eigenvalue weighted by molar-refractivity contribution is 5.74. The third-order valence-electron chi connectivity index (χ3n) is 4.85. The summed E-state index contributed by atoms with van der Waals surface area (Å²) >= 11 is 0. The summed E-state index contributed by atoms with van der Waals surface area (Å²) in [5.41, 5.74) is 1.26. The van der Waals surface area contributed by atoms with Crippen molar-refractivity contribution in [1.82, 2.24) is 20.5 Å². The van der Waals surface area contributed by atoms with Gasteiger partial charge in [-0.05, 0) is 56.2 Å². The maximum Gasteiger partial charge on any atom is 0.315 e. The number of aromatic nitrogens is 1. The number of hydrogen-bond donors (Lipinski definition) is 2. The van der Waals surface area contributed by atoms with Crippen LogP contribution in [0.4, 0.5) is 4.79 Å². The summed E-state index contributed by atoms with van der Waals surface area (Å²) in [7, 11) is 0. The first kappa shape index (κ1) is 17.0. The normalized spacial score (nSPS) is 24.5. The second-order valence-corrected chi connectivity index (χ2v) is 6.92. The van der Waals surface area contributed by atoms with E-state index in [-0.39, 0.29) is 12.1 Å². The van der Waals surface area contributed by atoms with E-state index in [9.17, 15) is 4.79 Å². The van der Waals surface area contributed by atoms with Crippen LogP contribution in [0.3, 0.4) is 0 Å². The van der Waals surface area contributed by atoms with Crippen LogP contribution in [0.25, 0.3) is 0 Å². The topological polar surface area (TPSA) is 57.3 Å². The Morgan fingerprint density at radius 1 is 1.33 bits per heavy atom. The maximum absolute atomic E-state index is 12.0. The molecule has 2 aliphatic rings. The molecule has 2 heterocycles. The van der Waals surface area contributed by atoms with Gasteiger partial charge in [-0.1, -0.05) is 18.2 Å². The lowest BCUT2D eigenvalue weighted by atomic mass is 9.97. The summed E-state index contributed by atoms with van der Waals surface area (Å²) in [6, 6.07) is 4.28.